The van der Waals surface area contributed by atoms with Gasteiger partial charge in [0.2, 0.25) is 0 Å². The van der Waals surface area contributed by atoms with Crippen molar-refractivity contribution >= 4 is 39.5 Å². The lowest BCUT2D eigenvalue weighted by molar-refractivity contribution is 0.0697. The van der Waals surface area contributed by atoms with Crippen molar-refractivity contribution in [3.8, 4) is 0 Å². The van der Waals surface area contributed by atoms with Crippen LogP contribution in [0.25, 0.3) is 0 Å². The van der Waals surface area contributed by atoms with E-state index in [-0.39, 0.29) is 0 Å². The molecule has 3 aromatic rings. The molecule has 1 unspecified atom stereocenters. The van der Waals surface area contributed by atoms with E-state index in [1.165, 1.54) is 0 Å². The average Bonchev–Trinajstić information content (AvgIpc) is 2.74. The van der Waals surface area contributed by atoms with Crippen molar-refractivity contribution < 1.29 is 14.1 Å². The van der Waals surface area contributed by atoms with Crippen molar-refractivity contribution in [3.05, 3.63) is 72.3 Å². The predicted molar refractivity (Wildman–Crippen MR) is 123 cm³/mol. The first-order valence-electron chi connectivity index (χ1n) is 9.38. The summed E-state index contributed by atoms with van der Waals surface area (Å²) in [4.78, 5) is 15.9. The fourth-order valence-corrected chi connectivity index (χ4v) is 4.23. The normalized spacial score (nSPS) is 13.7. The van der Waals surface area contributed by atoms with Crippen molar-refractivity contribution in [1.29, 1.82) is 0 Å². The number of benzene rings is 3. The van der Waals surface area contributed by atoms with Gasteiger partial charge in [-0.05, 0) is 48.5 Å². The molecule has 0 amide bonds. The van der Waals surface area contributed by atoms with Crippen LogP contribution in [-0.2, 0) is 10.8 Å². The second kappa shape index (κ2) is 9.00. The number of nitrogens with one attached hydrogen (secondary N) is 1. The van der Waals surface area contributed by atoms with Gasteiger partial charge in [0.25, 0.3) is 0 Å². The molecule has 0 saturated carbocycles. The standard InChI is InChI=1S/C16H19N3OS.C7H6O2/c1-18(2)11-6-8-15-14(9-11)17-13-7-5-12(19(3)4)10-16(13)21(15)20;8-7(9)6-4-2-1-3-5-6/h5-10,17H,1-4H3;1-5H,(H,8,9). The molecule has 1 heterocycles. The van der Waals surface area contributed by atoms with Gasteiger partial charge in [-0.15, -0.1) is 0 Å². The van der Waals surface area contributed by atoms with E-state index >= 15 is 0 Å². The zero-order chi connectivity index (χ0) is 21.8. The van der Waals surface area contributed by atoms with E-state index in [1.54, 1.807) is 30.3 Å². The first kappa shape index (κ1) is 21.4. The zero-order valence-electron chi connectivity index (χ0n) is 17.4. The van der Waals surface area contributed by atoms with Crippen molar-refractivity contribution in [2.75, 3.05) is 43.3 Å². The van der Waals surface area contributed by atoms with Gasteiger partial charge in [-0.25, -0.2) is 9.00 Å². The Labute approximate surface area is 179 Å². The smallest absolute Gasteiger partial charge is 0.335 e. The summed E-state index contributed by atoms with van der Waals surface area (Å²) < 4.78 is 12.8. The lowest BCUT2D eigenvalue weighted by Gasteiger charge is -2.24. The topological polar surface area (TPSA) is 72.9 Å². The second-order valence-electron chi connectivity index (χ2n) is 7.21. The molecule has 156 valence electrons. The SMILES string of the molecule is CN(C)c1ccc2c(c1)Nc1ccc(N(C)C)cc1S2=O.O=C(O)c1ccccc1. The molecule has 30 heavy (non-hydrogen) atoms. The first-order chi connectivity index (χ1) is 14.3. The van der Waals surface area contributed by atoms with Gasteiger partial charge in [-0.1, -0.05) is 18.2 Å². The number of nitrogens with zero attached hydrogens (tertiary/aromatic N) is 2. The molecule has 6 nitrogen and oxygen atoms in total. The van der Waals surface area contributed by atoms with E-state index in [1.807, 2.05) is 74.4 Å². The van der Waals surface area contributed by atoms with E-state index in [9.17, 15) is 9.00 Å². The number of carboxylic acids is 1. The largest absolute Gasteiger partial charge is 0.478 e. The third-order valence-electron chi connectivity index (χ3n) is 4.65. The predicted octanol–water partition coefficient (Wildman–Crippen LogP) is 4.43. The molecular formula is C23H25N3O3S. The fourth-order valence-electron chi connectivity index (χ4n) is 2.95. The molecule has 7 heteroatoms. The van der Waals surface area contributed by atoms with Crippen LogP contribution < -0.4 is 15.1 Å². The Hall–Kier alpha value is -3.32. The molecule has 0 saturated heterocycles. The molecule has 0 aliphatic carbocycles. The van der Waals surface area contributed by atoms with Gasteiger partial charge in [0, 0.05) is 39.6 Å². The number of anilines is 4. The van der Waals surface area contributed by atoms with Crippen LogP contribution in [0.5, 0.6) is 0 Å². The summed E-state index contributed by atoms with van der Waals surface area (Å²) in [6.07, 6.45) is 0. The molecule has 3 aromatic carbocycles. The first-order valence-corrected chi connectivity index (χ1v) is 10.5. The third-order valence-corrected chi connectivity index (χ3v) is 6.14. The Morgan fingerprint density at radius 1 is 0.800 bits per heavy atom. The van der Waals surface area contributed by atoms with Crippen molar-refractivity contribution in [3.63, 3.8) is 0 Å². The molecule has 0 spiro atoms. The van der Waals surface area contributed by atoms with Crippen LogP contribution in [0.4, 0.5) is 22.7 Å². The highest BCUT2D eigenvalue weighted by Crippen LogP contribution is 2.39. The summed E-state index contributed by atoms with van der Waals surface area (Å²) in [6, 6.07) is 20.3. The molecule has 4 rings (SSSR count). The van der Waals surface area contributed by atoms with Crippen LogP contribution in [0, 0.1) is 0 Å². The quantitative estimate of drug-likeness (QED) is 0.508. The van der Waals surface area contributed by atoms with E-state index in [4.69, 9.17) is 5.11 Å². The highest BCUT2D eigenvalue weighted by Gasteiger charge is 2.23. The lowest BCUT2D eigenvalue weighted by atomic mass is 10.2. The number of rotatable bonds is 3. The number of hydrogen-bond acceptors (Lipinski definition) is 5. The Kier molecular flexibility index (Phi) is 6.42. The molecule has 0 fully saturated rings. The number of hydrogen-bond donors (Lipinski definition) is 2. The molecule has 0 bridgehead atoms. The Morgan fingerprint density at radius 2 is 1.40 bits per heavy atom. The maximum Gasteiger partial charge on any atom is 0.335 e. The summed E-state index contributed by atoms with van der Waals surface area (Å²) in [6.45, 7) is 0. The summed E-state index contributed by atoms with van der Waals surface area (Å²) >= 11 is 0. The van der Waals surface area contributed by atoms with Gasteiger partial charge < -0.3 is 20.2 Å². The molecule has 1 aliphatic heterocycles. The van der Waals surface area contributed by atoms with Crippen LogP contribution in [0.2, 0.25) is 0 Å². The molecular weight excluding hydrogens is 398 g/mol. The molecule has 0 radical (unpaired) electrons. The number of fused-ring (bicyclic) bond motifs is 2. The number of aromatic carboxylic acids is 1. The summed E-state index contributed by atoms with van der Waals surface area (Å²) in [5.41, 5.74) is 4.31. The summed E-state index contributed by atoms with van der Waals surface area (Å²) in [5, 5.41) is 11.8. The summed E-state index contributed by atoms with van der Waals surface area (Å²) in [7, 11) is 6.82. The number of carboxylic acid groups (broad SMARTS) is 1. The zero-order valence-corrected chi connectivity index (χ0v) is 18.2. The van der Waals surface area contributed by atoms with Gasteiger partial charge in [0.1, 0.15) is 0 Å². The van der Waals surface area contributed by atoms with E-state index in [0.717, 1.165) is 32.5 Å². The fraction of sp³-hybridized carbons (Fsp3) is 0.174. The Bertz CT molecular complexity index is 1080. The maximum atomic E-state index is 12.8. The average molecular weight is 424 g/mol. The van der Waals surface area contributed by atoms with Crippen LogP contribution >= 0.6 is 0 Å². The Balaban J connectivity index is 0.000000239. The second-order valence-corrected chi connectivity index (χ2v) is 8.63. The van der Waals surface area contributed by atoms with E-state index in [2.05, 4.69) is 5.32 Å². The van der Waals surface area contributed by atoms with Gasteiger partial charge >= 0.3 is 5.97 Å². The molecule has 0 aromatic heterocycles. The van der Waals surface area contributed by atoms with Crippen molar-refractivity contribution in [1.82, 2.24) is 0 Å². The minimum atomic E-state index is -1.15. The van der Waals surface area contributed by atoms with Crippen LogP contribution in [0.1, 0.15) is 10.4 Å². The Morgan fingerprint density at radius 3 is 1.97 bits per heavy atom. The minimum absolute atomic E-state index is 0.331. The van der Waals surface area contributed by atoms with Crippen LogP contribution in [0.3, 0.4) is 0 Å². The van der Waals surface area contributed by atoms with E-state index in [0.29, 0.717) is 5.56 Å². The third kappa shape index (κ3) is 4.63. The van der Waals surface area contributed by atoms with Gasteiger partial charge in [0.05, 0.1) is 37.5 Å². The van der Waals surface area contributed by atoms with Gasteiger partial charge in [-0.3, -0.25) is 0 Å². The van der Waals surface area contributed by atoms with Crippen molar-refractivity contribution in [2.24, 2.45) is 0 Å². The maximum absolute atomic E-state index is 12.8. The van der Waals surface area contributed by atoms with Gasteiger partial charge in [0.15, 0.2) is 0 Å². The lowest BCUT2D eigenvalue weighted by Crippen LogP contribution is -2.14. The van der Waals surface area contributed by atoms with Crippen LogP contribution in [0.15, 0.2) is 76.5 Å². The highest BCUT2D eigenvalue weighted by molar-refractivity contribution is 7.85. The monoisotopic (exact) mass is 423 g/mol. The van der Waals surface area contributed by atoms with Crippen LogP contribution in [-0.4, -0.2) is 43.5 Å². The molecule has 2 N–H and O–H groups in total. The van der Waals surface area contributed by atoms with Gasteiger partial charge in [-0.2, -0.15) is 0 Å². The highest BCUT2D eigenvalue weighted by atomic mass is 32.2. The van der Waals surface area contributed by atoms with E-state index < -0.39 is 16.8 Å². The molecule has 1 aliphatic rings. The van der Waals surface area contributed by atoms with Crippen molar-refractivity contribution in [2.45, 2.75) is 9.79 Å². The minimum Gasteiger partial charge on any atom is -0.478 e. The molecule has 1 atom stereocenters. The summed E-state index contributed by atoms with van der Waals surface area (Å²) in [5.74, 6) is -0.879. The number of carbonyl (C=O) groups is 1.